The number of aliphatic hydroxyl groups excluding tert-OH is 1. The number of benzene rings is 3. The zero-order chi connectivity index (χ0) is 29.5. The molecule has 8 nitrogen and oxygen atoms in total. The van der Waals surface area contributed by atoms with Gasteiger partial charge in [-0.25, -0.2) is 0 Å². The molecule has 0 radical (unpaired) electrons. The highest BCUT2D eigenvalue weighted by atomic mass is 16.5. The molecule has 8 heteroatoms. The van der Waals surface area contributed by atoms with Gasteiger partial charge in [-0.3, -0.25) is 9.59 Å². The molecule has 0 aliphatic carbocycles. The molecule has 1 atom stereocenters. The van der Waals surface area contributed by atoms with Crippen LogP contribution in [0.3, 0.4) is 0 Å². The predicted octanol–water partition coefficient (Wildman–Crippen LogP) is 5.44. The highest BCUT2D eigenvalue weighted by Gasteiger charge is 2.46. The molecule has 3 aromatic rings. The van der Waals surface area contributed by atoms with Crippen molar-refractivity contribution in [3.05, 3.63) is 94.6 Å². The van der Waals surface area contributed by atoms with Gasteiger partial charge in [0.2, 0.25) is 0 Å². The molecule has 1 heterocycles. The second-order valence-corrected chi connectivity index (χ2v) is 9.93. The van der Waals surface area contributed by atoms with E-state index in [0.29, 0.717) is 43.2 Å². The first-order chi connectivity index (χ1) is 19.8. The number of aromatic hydroxyl groups is 1. The zero-order valence-corrected chi connectivity index (χ0v) is 24.1. The minimum Gasteiger partial charge on any atom is -0.507 e. The van der Waals surface area contributed by atoms with Crippen molar-refractivity contribution < 1.29 is 29.3 Å². The SMILES string of the molecule is CCOc1cc(C2/C(=C(\O)c3ccc(OCc4ccccc4)c(C)c3)C(=O)C(=O)N2CCN(CC)CC)ccc1O. The van der Waals surface area contributed by atoms with Crippen LogP contribution >= 0.6 is 0 Å². The number of hydrogen-bond acceptors (Lipinski definition) is 7. The second-order valence-electron chi connectivity index (χ2n) is 9.93. The number of ether oxygens (including phenoxy) is 2. The Morgan fingerprint density at radius 3 is 2.32 bits per heavy atom. The van der Waals surface area contributed by atoms with Crippen molar-refractivity contribution in [1.29, 1.82) is 0 Å². The molecule has 3 aromatic carbocycles. The van der Waals surface area contributed by atoms with Crippen LogP contribution in [0.25, 0.3) is 5.76 Å². The van der Waals surface area contributed by atoms with Crippen molar-refractivity contribution >= 4 is 17.4 Å². The Balaban J connectivity index is 1.73. The third-order valence-corrected chi connectivity index (χ3v) is 7.38. The number of carbonyl (C=O) groups is 2. The molecule has 0 saturated carbocycles. The first-order valence-electron chi connectivity index (χ1n) is 14.0. The van der Waals surface area contributed by atoms with Gasteiger partial charge in [0.1, 0.15) is 18.1 Å². The van der Waals surface area contributed by atoms with Crippen molar-refractivity contribution in [2.24, 2.45) is 0 Å². The third kappa shape index (κ3) is 6.55. The standard InChI is InChI=1S/C33H38N2O6/c1-5-34(6-2)17-18-35-30(24-13-15-26(36)28(20-24)40-7-3)29(32(38)33(35)39)31(37)25-14-16-27(22(4)19-25)41-21-23-11-9-8-10-12-23/h8-16,19-20,30,36-37H,5-7,17-18,21H2,1-4H3/b31-29+. The molecule has 1 unspecified atom stereocenters. The Kier molecular flexibility index (Phi) is 9.68. The van der Waals surface area contributed by atoms with Crippen LogP contribution in [0, 0.1) is 6.92 Å². The number of aliphatic hydroxyl groups is 1. The van der Waals surface area contributed by atoms with Gasteiger partial charge in [0, 0.05) is 18.7 Å². The number of aryl methyl sites for hydroxylation is 1. The monoisotopic (exact) mass is 558 g/mol. The average Bonchev–Trinajstić information content (AvgIpc) is 3.23. The van der Waals surface area contributed by atoms with E-state index < -0.39 is 17.7 Å². The summed E-state index contributed by atoms with van der Waals surface area (Å²) < 4.78 is 11.6. The normalized spacial score (nSPS) is 16.4. The summed E-state index contributed by atoms with van der Waals surface area (Å²) in [4.78, 5) is 30.5. The topological polar surface area (TPSA) is 99.5 Å². The Morgan fingerprint density at radius 2 is 1.66 bits per heavy atom. The molecule has 0 spiro atoms. The number of phenols is 1. The molecule has 0 bridgehead atoms. The van der Waals surface area contributed by atoms with Gasteiger partial charge in [-0.15, -0.1) is 0 Å². The Labute approximate surface area is 241 Å². The number of likely N-dealkylation sites (tertiary alicyclic amines) is 1. The van der Waals surface area contributed by atoms with Gasteiger partial charge < -0.3 is 29.5 Å². The maximum atomic E-state index is 13.5. The first-order valence-corrected chi connectivity index (χ1v) is 14.0. The van der Waals surface area contributed by atoms with Gasteiger partial charge >= 0.3 is 0 Å². The van der Waals surface area contributed by atoms with Crippen molar-refractivity contribution in [3.8, 4) is 17.2 Å². The maximum Gasteiger partial charge on any atom is 0.295 e. The Morgan fingerprint density at radius 1 is 0.927 bits per heavy atom. The van der Waals surface area contributed by atoms with Crippen LogP contribution in [0.5, 0.6) is 17.2 Å². The van der Waals surface area contributed by atoms with E-state index in [2.05, 4.69) is 4.90 Å². The summed E-state index contributed by atoms with van der Waals surface area (Å²) in [5, 5.41) is 21.8. The molecule has 41 heavy (non-hydrogen) atoms. The predicted molar refractivity (Wildman–Crippen MR) is 158 cm³/mol. The molecule has 4 rings (SSSR count). The Hall–Kier alpha value is -4.30. The van der Waals surface area contributed by atoms with E-state index >= 15 is 0 Å². The van der Waals surface area contributed by atoms with Gasteiger partial charge in [0.25, 0.3) is 11.7 Å². The van der Waals surface area contributed by atoms with Crippen LogP contribution in [-0.2, 0) is 16.2 Å². The molecule has 0 aromatic heterocycles. The molecule has 2 N–H and O–H groups in total. The van der Waals surface area contributed by atoms with Gasteiger partial charge in [0.05, 0.1) is 18.2 Å². The lowest BCUT2D eigenvalue weighted by Gasteiger charge is -2.28. The minimum atomic E-state index is -0.848. The molecule has 1 aliphatic heterocycles. The number of likely N-dealkylation sites (N-methyl/N-ethyl adjacent to an activating group) is 1. The summed E-state index contributed by atoms with van der Waals surface area (Å²) in [7, 11) is 0. The molecular formula is C33H38N2O6. The largest absolute Gasteiger partial charge is 0.507 e. The van der Waals surface area contributed by atoms with E-state index in [1.807, 2.05) is 51.1 Å². The first kappa shape index (κ1) is 29.7. The fourth-order valence-electron chi connectivity index (χ4n) is 5.07. The maximum absolute atomic E-state index is 13.5. The number of phenolic OH excluding ortho intramolecular Hbond substituents is 1. The Bertz CT molecular complexity index is 1410. The number of carbonyl (C=O) groups excluding carboxylic acids is 2. The van der Waals surface area contributed by atoms with Crippen molar-refractivity contribution in [2.45, 2.75) is 40.3 Å². The molecule has 1 amide bonds. The van der Waals surface area contributed by atoms with E-state index in [1.54, 1.807) is 37.3 Å². The van der Waals surface area contributed by atoms with Crippen LogP contribution in [-0.4, -0.2) is 64.5 Å². The molecule has 1 fully saturated rings. The number of Topliss-reactive ketones (excluding diaryl/α,β-unsaturated/α-hetero) is 1. The van der Waals surface area contributed by atoms with E-state index in [4.69, 9.17) is 9.47 Å². The van der Waals surface area contributed by atoms with Crippen molar-refractivity contribution in [1.82, 2.24) is 9.80 Å². The lowest BCUT2D eigenvalue weighted by Crippen LogP contribution is -2.38. The fourth-order valence-corrected chi connectivity index (χ4v) is 5.07. The van der Waals surface area contributed by atoms with Crippen LogP contribution in [0.4, 0.5) is 0 Å². The van der Waals surface area contributed by atoms with Crippen molar-refractivity contribution in [2.75, 3.05) is 32.8 Å². The smallest absolute Gasteiger partial charge is 0.295 e. The summed E-state index contributed by atoms with van der Waals surface area (Å²) in [6.45, 7) is 10.9. The molecule has 216 valence electrons. The van der Waals surface area contributed by atoms with Gasteiger partial charge in [-0.05, 0) is 74.0 Å². The number of rotatable bonds is 12. The van der Waals surface area contributed by atoms with Gasteiger partial charge in [-0.1, -0.05) is 50.2 Å². The summed E-state index contributed by atoms with van der Waals surface area (Å²) in [5.41, 5.74) is 2.78. The van der Waals surface area contributed by atoms with Crippen LogP contribution in [0.2, 0.25) is 0 Å². The molecule has 1 aliphatic rings. The van der Waals surface area contributed by atoms with E-state index in [-0.39, 0.29) is 22.8 Å². The quantitative estimate of drug-likeness (QED) is 0.173. The highest BCUT2D eigenvalue weighted by Crippen LogP contribution is 2.42. The number of hydrogen-bond donors (Lipinski definition) is 2. The zero-order valence-electron chi connectivity index (χ0n) is 24.1. The number of ketones is 1. The van der Waals surface area contributed by atoms with Gasteiger partial charge in [-0.2, -0.15) is 0 Å². The van der Waals surface area contributed by atoms with Crippen LogP contribution in [0.1, 0.15) is 49.1 Å². The van der Waals surface area contributed by atoms with Crippen molar-refractivity contribution in [3.63, 3.8) is 0 Å². The van der Waals surface area contributed by atoms with Crippen LogP contribution in [0.15, 0.2) is 72.3 Å². The van der Waals surface area contributed by atoms with Gasteiger partial charge in [0.15, 0.2) is 11.5 Å². The second kappa shape index (κ2) is 13.4. The highest BCUT2D eigenvalue weighted by molar-refractivity contribution is 6.46. The number of amides is 1. The van der Waals surface area contributed by atoms with E-state index in [0.717, 1.165) is 24.2 Å². The lowest BCUT2D eigenvalue weighted by atomic mass is 9.94. The summed E-state index contributed by atoms with van der Waals surface area (Å²) >= 11 is 0. The average molecular weight is 559 g/mol. The van der Waals surface area contributed by atoms with Crippen LogP contribution < -0.4 is 9.47 Å². The lowest BCUT2D eigenvalue weighted by molar-refractivity contribution is -0.140. The summed E-state index contributed by atoms with van der Waals surface area (Å²) in [6.07, 6.45) is 0. The third-order valence-electron chi connectivity index (χ3n) is 7.38. The molecular weight excluding hydrogens is 520 g/mol. The van der Waals surface area contributed by atoms with E-state index in [9.17, 15) is 19.8 Å². The summed E-state index contributed by atoms with van der Waals surface area (Å²) in [5.74, 6) is -0.828. The summed E-state index contributed by atoms with van der Waals surface area (Å²) in [6, 6.07) is 18.9. The molecule has 1 saturated heterocycles. The van der Waals surface area contributed by atoms with E-state index in [1.165, 1.54) is 11.0 Å². The fraction of sp³-hybridized carbons (Fsp3) is 0.333. The number of nitrogens with zero attached hydrogens (tertiary/aromatic N) is 2. The minimum absolute atomic E-state index is 0.0000362.